The molecule has 0 saturated carbocycles. The van der Waals surface area contributed by atoms with Crippen molar-refractivity contribution in [3.63, 3.8) is 0 Å². The Kier molecular flexibility index (Phi) is 8.72. The molecule has 0 atom stereocenters. The molecule has 1 aliphatic heterocycles. The van der Waals surface area contributed by atoms with Crippen LogP contribution in [0.2, 0.25) is 0 Å². The zero-order valence-corrected chi connectivity index (χ0v) is 20.3. The van der Waals surface area contributed by atoms with Gasteiger partial charge in [-0.05, 0) is 19.1 Å². The minimum absolute atomic E-state index is 0.0388. The predicted molar refractivity (Wildman–Crippen MR) is 133 cm³/mol. The molecule has 4 N–H and O–H groups in total. The molecule has 1 aliphatic rings. The number of carbonyl (C=O) groups is 2. The third-order valence-electron chi connectivity index (χ3n) is 5.31. The Morgan fingerprint density at radius 2 is 1.97 bits per heavy atom. The van der Waals surface area contributed by atoms with Crippen LogP contribution in [0.1, 0.15) is 25.2 Å². The van der Waals surface area contributed by atoms with Gasteiger partial charge in [0.25, 0.3) is 0 Å². The van der Waals surface area contributed by atoms with Crippen LogP contribution in [0.3, 0.4) is 0 Å². The number of benzene rings is 1. The summed E-state index contributed by atoms with van der Waals surface area (Å²) in [6.45, 7) is 2.95. The van der Waals surface area contributed by atoms with E-state index in [0.717, 1.165) is 6.20 Å². The molecule has 37 heavy (non-hydrogen) atoms. The summed E-state index contributed by atoms with van der Waals surface area (Å²) in [5.74, 6) is -3.31. The molecule has 0 amide bonds. The van der Waals surface area contributed by atoms with E-state index >= 15 is 0 Å². The maximum absolute atomic E-state index is 14.6. The van der Waals surface area contributed by atoms with Gasteiger partial charge in [-0.15, -0.1) is 0 Å². The van der Waals surface area contributed by atoms with Crippen LogP contribution in [-0.4, -0.2) is 70.2 Å². The quantitative estimate of drug-likeness (QED) is 0.288. The summed E-state index contributed by atoms with van der Waals surface area (Å²) >= 11 is 0. The Bertz CT molecular complexity index is 1290. The van der Waals surface area contributed by atoms with E-state index in [4.69, 9.17) is 21.3 Å². The number of ketones is 1. The highest BCUT2D eigenvalue weighted by Gasteiger charge is 2.30. The van der Waals surface area contributed by atoms with Crippen LogP contribution in [0.15, 0.2) is 41.5 Å². The molecule has 194 valence electrons. The van der Waals surface area contributed by atoms with Crippen LogP contribution in [-0.2, 0) is 20.9 Å². The van der Waals surface area contributed by atoms with Gasteiger partial charge in [0, 0.05) is 25.6 Å². The van der Waals surface area contributed by atoms with Crippen molar-refractivity contribution in [2.75, 3.05) is 31.1 Å². The van der Waals surface area contributed by atoms with E-state index in [1.807, 2.05) is 0 Å². The van der Waals surface area contributed by atoms with Crippen molar-refractivity contribution in [3.8, 4) is 0 Å². The van der Waals surface area contributed by atoms with Gasteiger partial charge in [-0.1, -0.05) is 18.2 Å². The number of aliphatic imine (C=N–C) groups is 1. The Morgan fingerprint density at radius 3 is 2.62 bits per heavy atom. The van der Waals surface area contributed by atoms with Crippen LogP contribution in [0.25, 0.3) is 5.70 Å². The van der Waals surface area contributed by atoms with Crippen molar-refractivity contribution in [1.82, 2.24) is 14.9 Å². The number of anilines is 1. The topological polar surface area (TPSA) is 162 Å². The van der Waals surface area contributed by atoms with Crippen molar-refractivity contribution in [2.45, 2.75) is 20.4 Å². The fraction of sp³-hybridized carbons (Fsp3) is 0.292. The van der Waals surface area contributed by atoms with Crippen LogP contribution in [0.4, 0.5) is 14.6 Å². The van der Waals surface area contributed by atoms with E-state index in [1.165, 1.54) is 28.9 Å². The number of rotatable bonds is 7. The van der Waals surface area contributed by atoms with Gasteiger partial charge >= 0.3 is 5.97 Å². The molecule has 1 saturated heterocycles. The molecule has 0 unspecified atom stereocenters. The second-order valence-corrected chi connectivity index (χ2v) is 7.90. The number of nitrogens with one attached hydrogen (secondary N) is 2. The molecular formula is C24H26F2N8O3. The standard InChI is InChI=1S/C24H26F2N8O3/c1-3-37-24(36)21(29)34-9-8-33(13-20(34)28)23-17(26)12-31-22(32-23)18(27)10-19(14(2)35)30-11-15-6-4-5-7-16(15)25/h4-7,10,12,28-29H,3,8-9,11,13,27H2,1-2H3. The first-order valence-corrected chi connectivity index (χ1v) is 11.3. The molecule has 1 aromatic heterocycles. The van der Waals surface area contributed by atoms with Crippen LogP contribution in [0, 0.1) is 22.5 Å². The van der Waals surface area contributed by atoms with Gasteiger partial charge in [0.15, 0.2) is 23.2 Å². The van der Waals surface area contributed by atoms with E-state index in [2.05, 4.69) is 15.0 Å². The van der Waals surface area contributed by atoms with Crippen LogP contribution in [0.5, 0.6) is 0 Å². The minimum atomic E-state index is -0.855. The van der Waals surface area contributed by atoms with Crippen LogP contribution < -0.4 is 10.6 Å². The average Bonchev–Trinajstić information content (AvgIpc) is 2.87. The summed E-state index contributed by atoms with van der Waals surface area (Å²) < 4.78 is 33.3. The molecule has 1 aromatic carbocycles. The number of hydrogen-bond donors (Lipinski definition) is 3. The van der Waals surface area contributed by atoms with Gasteiger partial charge in [-0.2, -0.15) is 0 Å². The van der Waals surface area contributed by atoms with Crippen molar-refractivity contribution in [3.05, 3.63) is 59.6 Å². The second kappa shape index (κ2) is 11.9. The predicted octanol–water partition coefficient (Wildman–Crippen LogP) is 1.92. The molecule has 3 rings (SSSR count). The summed E-state index contributed by atoms with van der Waals surface area (Å²) in [6, 6.07) is 6.03. The Hall–Kier alpha value is -4.55. The number of halogens is 2. The molecule has 11 nitrogen and oxygen atoms in total. The van der Waals surface area contributed by atoms with Crippen molar-refractivity contribution < 1.29 is 23.1 Å². The summed E-state index contributed by atoms with van der Waals surface area (Å²) in [6.07, 6.45) is 2.15. The lowest BCUT2D eigenvalue weighted by atomic mass is 10.2. The SMILES string of the molecule is CCOC(=O)C(=N)N1CCN(c2nc(C(N)=CC(=NCc3ccccc3F)C(C)=O)ncc2F)CC1=N. The number of aromatic nitrogens is 2. The van der Waals surface area contributed by atoms with Gasteiger partial charge in [0.2, 0.25) is 5.84 Å². The monoisotopic (exact) mass is 512 g/mol. The Morgan fingerprint density at radius 1 is 1.24 bits per heavy atom. The van der Waals surface area contributed by atoms with Crippen LogP contribution >= 0.6 is 0 Å². The maximum atomic E-state index is 14.6. The first kappa shape index (κ1) is 27.0. The number of carbonyl (C=O) groups excluding carboxylic acids is 2. The molecule has 0 spiro atoms. The third kappa shape index (κ3) is 6.57. The lowest BCUT2D eigenvalue weighted by Gasteiger charge is -2.36. The number of esters is 1. The normalized spacial score (nSPS) is 14.5. The molecule has 0 aliphatic carbocycles. The highest BCUT2D eigenvalue weighted by molar-refractivity contribution is 6.44. The fourth-order valence-electron chi connectivity index (χ4n) is 3.42. The molecule has 0 radical (unpaired) electrons. The molecule has 2 heterocycles. The molecule has 2 aromatic rings. The third-order valence-corrected chi connectivity index (χ3v) is 5.31. The highest BCUT2D eigenvalue weighted by Crippen LogP contribution is 2.20. The van der Waals surface area contributed by atoms with Gasteiger partial charge in [-0.3, -0.25) is 20.6 Å². The zero-order chi connectivity index (χ0) is 27.1. The number of nitrogens with two attached hydrogens (primary N) is 1. The molecule has 13 heteroatoms. The smallest absolute Gasteiger partial charge is 0.373 e. The molecular weight excluding hydrogens is 486 g/mol. The van der Waals surface area contributed by atoms with E-state index in [0.29, 0.717) is 5.56 Å². The van der Waals surface area contributed by atoms with Gasteiger partial charge < -0.3 is 20.3 Å². The zero-order valence-electron chi connectivity index (χ0n) is 20.3. The average molecular weight is 513 g/mol. The number of Topliss-reactive ketones (excluding diaryl/α,β-unsaturated/α-hetero) is 1. The number of hydrogen-bond acceptors (Lipinski definition) is 10. The van der Waals surface area contributed by atoms with Gasteiger partial charge in [-0.25, -0.2) is 23.5 Å². The summed E-state index contributed by atoms with van der Waals surface area (Å²) in [7, 11) is 0. The summed E-state index contributed by atoms with van der Waals surface area (Å²) in [5, 5.41) is 16.2. The minimum Gasteiger partial charge on any atom is -0.460 e. The van der Waals surface area contributed by atoms with Crippen molar-refractivity contribution >= 4 is 40.7 Å². The lowest BCUT2D eigenvalue weighted by Crippen LogP contribution is -2.54. The first-order valence-electron chi connectivity index (χ1n) is 11.3. The number of allylic oxidation sites excluding steroid dienone is 1. The highest BCUT2D eigenvalue weighted by atomic mass is 19.1. The number of piperazine rings is 1. The van der Waals surface area contributed by atoms with E-state index in [-0.39, 0.29) is 61.7 Å². The number of nitrogens with zero attached hydrogens (tertiary/aromatic N) is 5. The van der Waals surface area contributed by atoms with Crippen molar-refractivity contribution in [1.29, 1.82) is 10.8 Å². The first-order chi connectivity index (χ1) is 17.6. The Labute approximate surface area is 211 Å². The second-order valence-electron chi connectivity index (χ2n) is 7.90. The van der Waals surface area contributed by atoms with E-state index in [1.54, 1.807) is 25.1 Å². The largest absolute Gasteiger partial charge is 0.460 e. The molecule has 0 bridgehead atoms. The lowest BCUT2D eigenvalue weighted by molar-refractivity contribution is -0.135. The number of amidine groups is 2. The fourth-order valence-corrected chi connectivity index (χ4v) is 3.42. The summed E-state index contributed by atoms with van der Waals surface area (Å²) in [4.78, 5) is 38.8. The van der Waals surface area contributed by atoms with Gasteiger partial charge in [0.1, 0.15) is 17.4 Å². The Balaban J connectivity index is 1.80. The maximum Gasteiger partial charge on any atom is 0.373 e. The molecule has 1 fully saturated rings. The van der Waals surface area contributed by atoms with E-state index in [9.17, 15) is 18.4 Å². The van der Waals surface area contributed by atoms with Gasteiger partial charge in [0.05, 0.1) is 31.6 Å². The van der Waals surface area contributed by atoms with E-state index < -0.39 is 29.2 Å². The van der Waals surface area contributed by atoms with Crippen molar-refractivity contribution in [2.24, 2.45) is 10.7 Å². The number of ether oxygens (including phenoxy) is 1. The summed E-state index contributed by atoms with van der Waals surface area (Å²) in [5.41, 5.74) is 6.28.